The number of nitrogens with zero attached hydrogens (tertiary/aromatic N) is 3. The lowest BCUT2D eigenvalue weighted by molar-refractivity contribution is 0.101. The molecule has 1 saturated carbocycles. The second kappa shape index (κ2) is 7.65. The third kappa shape index (κ3) is 4.36. The van der Waals surface area contributed by atoms with Crippen LogP contribution in [-0.4, -0.2) is 38.6 Å². The average Bonchev–Trinajstić information content (AvgIpc) is 2.92. The van der Waals surface area contributed by atoms with Crippen LogP contribution in [0.3, 0.4) is 0 Å². The summed E-state index contributed by atoms with van der Waals surface area (Å²) in [6.07, 6.45) is 3.46. The SMILES string of the molecule is Cc1nc(C)n(-c2ccccc2NC(=O)NC[C@@H]2CCC[C@@H](O)C2)n1. The highest BCUT2D eigenvalue weighted by atomic mass is 16.3. The lowest BCUT2D eigenvalue weighted by atomic mass is 9.87. The fourth-order valence-electron chi connectivity index (χ4n) is 3.36. The van der Waals surface area contributed by atoms with Gasteiger partial charge in [-0.2, -0.15) is 5.10 Å². The van der Waals surface area contributed by atoms with Gasteiger partial charge in [0.2, 0.25) is 0 Å². The van der Waals surface area contributed by atoms with Crippen molar-refractivity contribution in [2.24, 2.45) is 5.92 Å². The number of aromatic nitrogens is 3. The van der Waals surface area contributed by atoms with E-state index < -0.39 is 0 Å². The van der Waals surface area contributed by atoms with Crippen LogP contribution in [0, 0.1) is 19.8 Å². The Kier molecular flexibility index (Phi) is 5.33. The van der Waals surface area contributed by atoms with Crippen molar-refractivity contribution in [1.82, 2.24) is 20.1 Å². The highest BCUT2D eigenvalue weighted by Gasteiger charge is 2.20. The number of nitrogens with one attached hydrogen (secondary N) is 2. The molecule has 134 valence electrons. The topological polar surface area (TPSA) is 92.1 Å². The van der Waals surface area contributed by atoms with E-state index >= 15 is 0 Å². The van der Waals surface area contributed by atoms with Crippen molar-refractivity contribution in [3.8, 4) is 5.69 Å². The Balaban J connectivity index is 1.65. The standard InChI is InChI=1S/C18H25N5O2/c1-12-20-13(2)23(22-12)17-9-4-3-8-16(17)21-18(25)19-11-14-6-5-7-15(24)10-14/h3-4,8-9,14-15,24H,5-7,10-11H2,1-2H3,(H2,19,21,25)/t14-,15-/m1/s1. The highest BCUT2D eigenvalue weighted by molar-refractivity contribution is 5.91. The maximum atomic E-state index is 12.3. The molecule has 1 aromatic heterocycles. The van der Waals surface area contributed by atoms with Crippen molar-refractivity contribution in [2.45, 2.75) is 45.6 Å². The lowest BCUT2D eigenvalue weighted by Crippen LogP contribution is -2.35. The fourth-order valence-corrected chi connectivity index (χ4v) is 3.36. The molecule has 2 aromatic rings. The van der Waals surface area contributed by atoms with Gasteiger partial charge in [0.1, 0.15) is 11.6 Å². The van der Waals surface area contributed by atoms with E-state index in [9.17, 15) is 9.90 Å². The van der Waals surface area contributed by atoms with E-state index in [1.165, 1.54) is 0 Å². The number of carbonyl (C=O) groups excluding carboxylic acids is 1. The molecule has 7 nitrogen and oxygen atoms in total. The van der Waals surface area contributed by atoms with Crippen LogP contribution < -0.4 is 10.6 Å². The van der Waals surface area contributed by atoms with Gasteiger partial charge in [0.25, 0.3) is 0 Å². The molecule has 0 saturated heterocycles. The molecule has 0 unspecified atom stereocenters. The minimum absolute atomic E-state index is 0.233. The monoisotopic (exact) mass is 343 g/mol. The lowest BCUT2D eigenvalue weighted by Gasteiger charge is -2.26. The van der Waals surface area contributed by atoms with Crippen molar-refractivity contribution >= 4 is 11.7 Å². The van der Waals surface area contributed by atoms with Gasteiger partial charge in [0, 0.05) is 6.54 Å². The van der Waals surface area contributed by atoms with Crippen molar-refractivity contribution < 1.29 is 9.90 Å². The van der Waals surface area contributed by atoms with Crippen LogP contribution in [-0.2, 0) is 0 Å². The van der Waals surface area contributed by atoms with Gasteiger partial charge in [-0.05, 0) is 51.2 Å². The normalized spacial score (nSPS) is 20.3. The molecule has 1 fully saturated rings. The molecule has 0 spiro atoms. The van der Waals surface area contributed by atoms with Crippen LogP contribution in [0.1, 0.15) is 37.3 Å². The minimum atomic E-state index is -0.248. The van der Waals surface area contributed by atoms with Crippen LogP contribution in [0.4, 0.5) is 10.5 Å². The van der Waals surface area contributed by atoms with E-state index in [2.05, 4.69) is 20.7 Å². The summed E-state index contributed by atoms with van der Waals surface area (Å²) in [4.78, 5) is 16.6. The molecule has 1 aliphatic carbocycles. The Morgan fingerprint density at radius 2 is 2.12 bits per heavy atom. The third-order valence-corrected chi connectivity index (χ3v) is 4.56. The zero-order chi connectivity index (χ0) is 17.8. The maximum Gasteiger partial charge on any atom is 0.319 e. The zero-order valence-corrected chi connectivity index (χ0v) is 14.7. The van der Waals surface area contributed by atoms with Gasteiger partial charge in [0.05, 0.1) is 17.5 Å². The molecule has 1 aliphatic rings. The molecule has 0 radical (unpaired) electrons. The number of benzene rings is 1. The van der Waals surface area contributed by atoms with E-state index in [-0.39, 0.29) is 12.1 Å². The number of amides is 2. The van der Waals surface area contributed by atoms with Gasteiger partial charge in [-0.25, -0.2) is 14.5 Å². The number of anilines is 1. The van der Waals surface area contributed by atoms with E-state index in [4.69, 9.17) is 0 Å². The largest absolute Gasteiger partial charge is 0.393 e. The zero-order valence-electron chi connectivity index (χ0n) is 14.7. The van der Waals surface area contributed by atoms with Gasteiger partial charge in [-0.15, -0.1) is 0 Å². The van der Waals surface area contributed by atoms with Crippen molar-refractivity contribution in [1.29, 1.82) is 0 Å². The van der Waals surface area contributed by atoms with Gasteiger partial charge < -0.3 is 15.7 Å². The first-order valence-electron chi connectivity index (χ1n) is 8.75. The van der Waals surface area contributed by atoms with Crippen molar-refractivity contribution in [3.63, 3.8) is 0 Å². The van der Waals surface area contributed by atoms with Gasteiger partial charge in [0.15, 0.2) is 0 Å². The van der Waals surface area contributed by atoms with Gasteiger partial charge >= 0.3 is 6.03 Å². The second-order valence-electron chi connectivity index (χ2n) is 6.66. The molecule has 7 heteroatoms. The van der Waals surface area contributed by atoms with E-state index in [1.54, 1.807) is 4.68 Å². The third-order valence-electron chi connectivity index (χ3n) is 4.56. The molecular formula is C18H25N5O2. The second-order valence-corrected chi connectivity index (χ2v) is 6.66. The molecular weight excluding hydrogens is 318 g/mol. The van der Waals surface area contributed by atoms with Crippen LogP contribution in [0.2, 0.25) is 0 Å². The Bertz CT molecular complexity index is 743. The Labute approximate surface area is 147 Å². The molecule has 3 rings (SSSR count). The molecule has 1 heterocycles. The quantitative estimate of drug-likeness (QED) is 0.795. The first-order chi connectivity index (χ1) is 12.0. The number of rotatable bonds is 4. The summed E-state index contributed by atoms with van der Waals surface area (Å²) in [6.45, 7) is 4.29. The van der Waals surface area contributed by atoms with E-state index in [1.807, 2.05) is 38.1 Å². The molecule has 1 aromatic carbocycles. The number of aliphatic hydroxyl groups is 1. The number of hydrogen-bond donors (Lipinski definition) is 3. The summed E-state index contributed by atoms with van der Waals surface area (Å²) in [6, 6.07) is 7.26. The van der Waals surface area contributed by atoms with Crippen LogP contribution in [0.25, 0.3) is 5.69 Å². The molecule has 3 N–H and O–H groups in total. The molecule has 2 amide bonds. The highest BCUT2D eigenvalue weighted by Crippen LogP contribution is 2.24. The van der Waals surface area contributed by atoms with Crippen LogP contribution >= 0.6 is 0 Å². The van der Waals surface area contributed by atoms with E-state index in [0.29, 0.717) is 24.0 Å². The summed E-state index contributed by atoms with van der Waals surface area (Å²) < 4.78 is 1.72. The van der Waals surface area contributed by atoms with Crippen molar-refractivity contribution in [3.05, 3.63) is 35.9 Å². The smallest absolute Gasteiger partial charge is 0.319 e. The van der Waals surface area contributed by atoms with E-state index in [0.717, 1.165) is 37.2 Å². The Morgan fingerprint density at radius 1 is 1.32 bits per heavy atom. The fraction of sp³-hybridized carbons (Fsp3) is 0.500. The summed E-state index contributed by atoms with van der Waals surface area (Å²) in [5, 5.41) is 19.9. The van der Waals surface area contributed by atoms with Crippen LogP contribution in [0.15, 0.2) is 24.3 Å². The number of urea groups is 1. The summed E-state index contributed by atoms with van der Waals surface area (Å²) in [5.41, 5.74) is 1.46. The molecule has 2 atom stereocenters. The number of aryl methyl sites for hydroxylation is 2. The number of carbonyl (C=O) groups is 1. The Morgan fingerprint density at radius 3 is 2.84 bits per heavy atom. The first-order valence-corrected chi connectivity index (χ1v) is 8.75. The number of aliphatic hydroxyl groups excluding tert-OH is 1. The summed E-state index contributed by atoms with van der Waals surface area (Å²) in [5.74, 6) is 1.79. The van der Waals surface area contributed by atoms with Gasteiger partial charge in [-0.3, -0.25) is 0 Å². The number of hydrogen-bond acceptors (Lipinski definition) is 4. The molecule has 0 bridgehead atoms. The summed E-state index contributed by atoms with van der Waals surface area (Å²) >= 11 is 0. The van der Waals surface area contributed by atoms with Crippen LogP contribution in [0.5, 0.6) is 0 Å². The number of para-hydroxylation sites is 2. The van der Waals surface area contributed by atoms with Crippen molar-refractivity contribution in [2.75, 3.05) is 11.9 Å². The van der Waals surface area contributed by atoms with Gasteiger partial charge in [-0.1, -0.05) is 18.6 Å². The molecule has 0 aliphatic heterocycles. The predicted molar refractivity (Wildman–Crippen MR) is 95.8 cm³/mol. The molecule has 25 heavy (non-hydrogen) atoms. The average molecular weight is 343 g/mol. The maximum absolute atomic E-state index is 12.3. The minimum Gasteiger partial charge on any atom is -0.393 e. The first kappa shape index (κ1) is 17.4. The Hall–Kier alpha value is -2.41. The summed E-state index contributed by atoms with van der Waals surface area (Å²) in [7, 11) is 0. The predicted octanol–water partition coefficient (Wildman–Crippen LogP) is 2.56.